The maximum Gasteiger partial charge on any atom is 0.171 e. The van der Waals surface area contributed by atoms with Crippen LogP contribution >= 0.6 is 11.8 Å². The van der Waals surface area contributed by atoms with Gasteiger partial charge in [0, 0.05) is 0 Å². The average Bonchev–Trinajstić information content (AvgIpc) is 2.82. The summed E-state index contributed by atoms with van der Waals surface area (Å²) in [7, 11) is 0. The van der Waals surface area contributed by atoms with Crippen LogP contribution in [0.3, 0.4) is 0 Å². The number of H-pyrrole nitrogens is 1. The molecule has 0 fully saturated rings. The Kier molecular flexibility index (Phi) is 3.46. The molecule has 0 atom stereocenters. The van der Waals surface area contributed by atoms with Crippen molar-refractivity contribution in [2.24, 2.45) is 0 Å². The number of aliphatic hydroxyl groups is 1. The third kappa shape index (κ3) is 2.55. The number of hydrogen-bond donors (Lipinski definition) is 2. The fourth-order valence-electron chi connectivity index (χ4n) is 1.98. The molecule has 102 valence electrons. The van der Waals surface area contributed by atoms with Crippen LogP contribution in [-0.2, 0) is 6.61 Å². The number of aromatic amines is 1. The van der Waals surface area contributed by atoms with E-state index in [1.165, 1.54) is 17.8 Å². The van der Waals surface area contributed by atoms with E-state index >= 15 is 0 Å². The molecule has 3 aromatic rings. The Morgan fingerprint density at radius 3 is 2.85 bits per heavy atom. The average molecular weight is 288 g/mol. The maximum absolute atomic E-state index is 13.9. The normalized spacial score (nSPS) is 11.2. The van der Waals surface area contributed by atoms with E-state index in [9.17, 15) is 4.39 Å². The van der Waals surface area contributed by atoms with Crippen LogP contribution in [0.15, 0.2) is 46.5 Å². The van der Waals surface area contributed by atoms with Gasteiger partial charge in [-0.15, -0.1) is 0 Å². The molecule has 0 radical (unpaired) electrons. The Balaban J connectivity index is 1.92. The SMILES string of the molecule is Cc1ccc2nc(Sc3ccc(CO)cc3F)[nH]c2c1. The van der Waals surface area contributed by atoms with Crippen LogP contribution < -0.4 is 0 Å². The highest BCUT2D eigenvalue weighted by atomic mass is 32.2. The number of aromatic nitrogens is 2. The summed E-state index contributed by atoms with van der Waals surface area (Å²) in [6.07, 6.45) is 0. The zero-order valence-electron chi connectivity index (χ0n) is 10.9. The molecule has 0 aliphatic heterocycles. The monoisotopic (exact) mass is 288 g/mol. The van der Waals surface area contributed by atoms with E-state index in [0.717, 1.165) is 16.6 Å². The second-order valence-corrected chi connectivity index (χ2v) is 5.62. The molecule has 0 saturated carbocycles. The lowest BCUT2D eigenvalue weighted by Gasteiger charge is -2.02. The number of nitrogens with zero attached hydrogens (tertiary/aromatic N) is 1. The summed E-state index contributed by atoms with van der Waals surface area (Å²) in [6, 6.07) is 10.7. The van der Waals surface area contributed by atoms with Crippen molar-refractivity contribution in [2.75, 3.05) is 0 Å². The van der Waals surface area contributed by atoms with Gasteiger partial charge in [0.05, 0.1) is 22.5 Å². The predicted octanol–water partition coefficient (Wildman–Crippen LogP) is 3.65. The van der Waals surface area contributed by atoms with Gasteiger partial charge in [-0.05, 0) is 54.1 Å². The van der Waals surface area contributed by atoms with Crippen LogP contribution in [0.5, 0.6) is 0 Å². The number of imidazole rings is 1. The number of benzene rings is 2. The minimum absolute atomic E-state index is 0.161. The molecule has 5 heteroatoms. The van der Waals surface area contributed by atoms with Gasteiger partial charge in [-0.3, -0.25) is 0 Å². The van der Waals surface area contributed by atoms with Crippen molar-refractivity contribution in [3.05, 3.63) is 53.3 Å². The summed E-state index contributed by atoms with van der Waals surface area (Å²) < 4.78 is 13.9. The minimum Gasteiger partial charge on any atom is -0.392 e. The molecule has 20 heavy (non-hydrogen) atoms. The van der Waals surface area contributed by atoms with Gasteiger partial charge in [0.15, 0.2) is 5.16 Å². The van der Waals surface area contributed by atoms with E-state index in [1.54, 1.807) is 12.1 Å². The second kappa shape index (κ2) is 5.26. The van der Waals surface area contributed by atoms with Crippen molar-refractivity contribution >= 4 is 22.8 Å². The number of fused-ring (bicyclic) bond motifs is 1. The van der Waals surface area contributed by atoms with E-state index in [4.69, 9.17) is 5.11 Å². The van der Waals surface area contributed by atoms with Gasteiger partial charge >= 0.3 is 0 Å². The molecule has 0 aliphatic carbocycles. The van der Waals surface area contributed by atoms with E-state index in [1.807, 2.05) is 25.1 Å². The first-order chi connectivity index (χ1) is 9.65. The summed E-state index contributed by atoms with van der Waals surface area (Å²) in [6.45, 7) is 1.85. The van der Waals surface area contributed by atoms with Crippen LogP contribution in [0.4, 0.5) is 4.39 Å². The highest BCUT2D eigenvalue weighted by molar-refractivity contribution is 7.99. The van der Waals surface area contributed by atoms with Crippen LogP contribution in [0, 0.1) is 12.7 Å². The van der Waals surface area contributed by atoms with Crippen LogP contribution in [0.2, 0.25) is 0 Å². The van der Waals surface area contributed by atoms with E-state index in [0.29, 0.717) is 15.6 Å². The number of nitrogens with one attached hydrogen (secondary N) is 1. The first kappa shape index (κ1) is 13.1. The third-order valence-corrected chi connectivity index (χ3v) is 3.94. The van der Waals surface area contributed by atoms with Crippen molar-refractivity contribution < 1.29 is 9.50 Å². The molecule has 2 N–H and O–H groups in total. The molecule has 0 unspecified atom stereocenters. The second-order valence-electron chi connectivity index (χ2n) is 4.59. The fraction of sp³-hybridized carbons (Fsp3) is 0.133. The Labute approximate surface area is 119 Å². The molecule has 0 bridgehead atoms. The summed E-state index contributed by atoms with van der Waals surface area (Å²) in [5.41, 5.74) is 3.52. The Morgan fingerprint density at radius 1 is 1.25 bits per heavy atom. The molecule has 0 spiro atoms. The Hall–Kier alpha value is -1.85. The smallest absolute Gasteiger partial charge is 0.171 e. The Morgan fingerprint density at radius 2 is 2.10 bits per heavy atom. The minimum atomic E-state index is -0.349. The topological polar surface area (TPSA) is 48.9 Å². The number of hydrogen-bond acceptors (Lipinski definition) is 3. The number of halogens is 1. The largest absolute Gasteiger partial charge is 0.392 e. The zero-order chi connectivity index (χ0) is 14.1. The number of rotatable bonds is 3. The maximum atomic E-state index is 13.9. The molecular weight excluding hydrogens is 275 g/mol. The molecule has 1 heterocycles. The van der Waals surface area contributed by atoms with Crippen molar-refractivity contribution in [1.82, 2.24) is 9.97 Å². The van der Waals surface area contributed by atoms with Gasteiger partial charge in [-0.2, -0.15) is 0 Å². The molecule has 0 aliphatic rings. The summed E-state index contributed by atoms with van der Waals surface area (Å²) in [5, 5.41) is 9.63. The highest BCUT2D eigenvalue weighted by Gasteiger charge is 2.09. The molecule has 2 aromatic carbocycles. The van der Waals surface area contributed by atoms with Crippen LogP contribution in [-0.4, -0.2) is 15.1 Å². The lowest BCUT2D eigenvalue weighted by molar-refractivity contribution is 0.281. The van der Waals surface area contributed by atoms with Crippen LogP contribution in [0.1, 0.15) is 11.1 Å². The standard InChI is InChI=1S/C15H13FN2OS/c1-9-2-4-12-13(6-9)18-15(17-12)20-14-5-3-10(8-19)7-11(14)16/h2-7,19H,8H2,1H3,(H,17,18). The lowest BCUT2D eigenvalue weighted by Crippen LogP contribution is -1.88. The van der Waals surface area contributed by atoms with Gasteiger partial charge in [-0.1, -0.05) is 12.1 Å². The van der Waals surface area contributed by atoms with E-state index in [-0.39, 0.29) is 12.4 Å². The zero-order valence-corrected chi connectivity index (χ0v) is 11.7. The summed E-state index contributed by atoms with van der Waals surface area (Å²) in [5.74, 6) is -0.349. The molecular formula is C15H13FN2OS. The third-order valence-electron chi connectivity index (χ3n) is 3.00. The molecule has 3 nitrogen and oxygen atoms in total. The quantitative estimate of drug-likeness (QED) is 0.773. The fourth-order valence-corrected chi connectivity index (χ4v) is 2.78. The van der Waals surface area contributed by atoms with Crippen molar-refractivity contribution in [1.29, 1.82) is 0 Å². The Bertz CT molecular complexity index is 770. The van der Waals surface area contributed by atoms with Gasteiger partial charge in [-0.25, -0.2) is 9.37 Å². The number of aryl methyl sites for hydroxylation is 1. The van der Waals surface area contributed by atoms with Gasteiger partial charge in [0.1, 0.15) is 5.82 Å². The first-order valence-electron chi connectivity index (χ1n) is 6.19. The summed E-state index contributed by atoms with van der Waals surface area (Å²) >= 11 is 1.24. The lowest BCUT2D eigenvalue weighted by atomic mass is 10.2. The van der Waals surface area contributed by atoms with E-state index < -0.39 is 0 Å². The molecule has 0 saturated heterocycles. The van der Waals surface area contributed by atoms with Crippen LogP contribution in [0.25, 0.3) is 11.0 Å². The first-order valence-corrected chi connectivity index (χ1v) is 7.01. The highest BCUT2D eigenvalue weighted by Crippen LogP contribution is 2.30. The van der Waals surface area contributed by atoms with E-state index in [2.05, 4.69) is 9.97 Å². The molecule has 3 rings (SSSR count). The van der Waals surface area contributed by atoms with Crippen molar-refractivity contribution in [2.45, 2.75) is 23.6 Å². The number of aliphatic hydroxyl groups excluding tert-OH is 1. The van der Waals surface area contributed by atoms with Gasteiger partial charge in [0.25, 0.3) is 0 Å². The van der Waals surface area contributed by atoms with Crippen molar-refractivity contribution in [3.8, 4) is 0 Å². The van der Waals surface area contributed by atoms with Gasteiger partial charge < -0.3 is 10.1 Å². The van der Waals surface area contributed by atoms with Crippen molar-refractivity contribution in [3.63, 3.8) is 0 Å². The summed E-state index contributed by atoms with van der Waals surface area (Å²) in [4.78, 5) is 8.08. The van der Waals surface area contributed by atoms with Gasteiger partial charge in [0.2, 0.25) is 0 Å². The predicted molar refractivity (Wildman–Crippen MR) is 77.3 cm³/mol. The molecule has 1 aromatic heterocycles. The molecule has 0 amide bonds.